The van der Waals surface area contributed by atoms with Gasteiger partial charge >= 0.3 is 0 Å². The quantitative estimate of drug-likeness (QED) is 0.498. The van der Waals surface area contributed by atoms with Crippen LogP contribution < -0.4 is 20.7 Å². The van der Waals surface area contributed by atoms with E-state index in [0.717, 1.165) is 16.8 Å². The van der Waals surface area contributed by atoms with E-state index in [9.17, 15) is 9.59 Å². The second kappa shape index (κ2) is 10.3. The van der Waals surface area contributed by atoms with Crippen LogP contribution in [0.2, 0.25) is 0 Å². The molecule has 0 aliphatic heterocycles. The first-order valence-corrected chi connectivity index (χ1v) is 10.2. The van der Waals surface area contributed by atoms with Gasteiger partial charge in [-0.25, -0.2) is 0 Å². The van der Waals surface area contributed by atoms with Crippen molar-refractivity contribution in [3.8, 4) is 11.5 Å². The van der Waals surface area contributed by atoms with Gasteiger partial charge in [0.1, 0.15) is 11.8 Å². The van der Waals surface area contributed by atoms with Crippen LogP contribution in [-0.2, 0) is 9.59 Å². The highest BCUT2D eigenvalue weighted by Crippen LogP contribution is 2.29. The fourth-order valence-electron chi connectivity index (χ4n) is 3.10. The Kier molecular flexibility index (Phi) is 7.27. The molecular weight excluding hydrogens is 390 g/mol. The summed E-state index contributed by atoms with van der Waals surface area (Å²) < 4.78 is 5.92. The average Bonchev–Trinajstić information content (AvgIpc) is 2.76. The van der Waals surface area contributed by atoms with Crippen LogP contribution in [0.5, 0.6) is 11.5 Å². The Morgan fingerprint density at radius 2 is 1.52 bits per heavy atom. The van der Waals surface area contributed by atoms with Crippen LogP contribution in [-0.4, -0.2) is 24.4 Å². The third kappa shape index (κ3) is 6.09. The summed E-state index contributed by atoms with van der Waals surface area (Å²) in [5, 5.41) is 8.69. The molecule has 3 aromatic carbocycles. The maximum absolute atomic E-state index is 12.5. The fraction of sp³-hybridized carbons (Fsp3) is 0.200. The van der Waals surface area contributed by atoms with Crippen LogP contribution in [0.1, 0.15) is 18.1 Å². The predicted octanol–water partition coefficient (Wildman–Crippen LogP) is 4.65. The van der Waals surface area contributed by atoms with E-state index in [1.54, 1.807) is 6.92 Å². The van der Waals surface area contributed by atoms with Crippen molar-refractivity contribution < 1.29 is 14.3 Å². The zero-order valence-electron chi connectivity index (χ0n) is 17.9. The van der Waals surface area contributed by atoms with E-state index in [0.29, 0.717) is 17.2 Å². The van der Waals surface area contributed by atoms with Crippen molar-refractivity contribution in [1.29, 1.82) is 0 Å². The third-order valence-electron chi connectivity index (χ3n) is 4.79. The summed E-state index contributed by atoms with van der Waals surface area (Å²) in [5.41, 5.74) is 3.42. The number of carbonyl (C=O) groups is 2. The van der Waals surface area contributed by atoms with Gasteiger partial charge < -0.3 is 20.7 Å². The first-order valence-electron chi connectivity index (χ1n) is 10.2. The molecule has 0 aliphatic rings. The van der Waals surface area contributed by atoms with Gasteiger partial charge in [-0.15, -0.1) is 0 Å². The molecule has 0 aliphatic carbocycles. The van der Waals surface area contributed by atoms with Crippen LogP contribution in [0, 0.1) is 13.8 Å². The van der Waals surface area contributed by atoms with Gasteiger partial charge in [0.15, 0.2) is 5.75 Å². The van der Waals surface area contributed by atoms with Crippen molar-refractivity contribution in [2.24, 2.45) is 0 Å². The maximum atomic E-state index is 12.5. The van der Waals surface area contributed by atoms with Gasteiger partial charge in [-0.1, -0.05) is 48.5 Å². The number of ether oxygens (including phenoxy) is 1. The van der Waals surface area contributed by atoms with Crippen molar-refractivity contribution in [3.63, 3.8) is 0 Å². The average molecular weight is 418 g/mol. The Morgan fingerprint density at radius 3 is 2.23 bits per heavy atom. The number of rotatable bonds is 8. The molecule has 0 unspecified atom stereocenters. The van der Waals surface area contributed by atoms with Gasteiger partial charge in [0.05, 0.1) is 12.2 Å². The Morgan fingerprint density at radius 1 is 0.871 bits per heavy atom. The lowest BCUT2D eigenvalue weighted by Gasteiger charge is -2.18. The standard InChI is InChI=1S/C25H27N3O3/c1-17-10-9-11-18(2)24(17)28-23(29)16-26-25(30)19(3)27-21-14-7-8-15-22(21)31-20-12-5-4-6-13-20/h4-15,19,27H,16H2,1-3H3,(H,26,30)(H,28,29)/t19-/m0/s1. The Bertz CT molecular complexity index is 1030. The molecule has 3 aromatic rings. The molecule has 31 heavy (non-hydrogen) atoms. The SMILES string of the molecule is Cc1cccc(C)c1NC(=O)CNC(=O)[C@H](C)Nc1ccccc1Oc1ccccc1. The molecule has 0 saturated heterocycles. The summed E-state index contributed by atoms with van der Waals surface area (Å²) in [6.45, 7) is 5.49. The number of anilines is 2. The molecular formula is C25H27N3O3. The number of para-hydroxylation sites is 4. The van der Waals surface area contributed by atoms with Crippen molar-refractivity contribution in [2.75, 3.05) is 17.2 Å². The van der Waals surface area contributed by atoms with Crippen molar-refractivity contribution >= 4 is 23.2 Å². The van der Waals surface area contributed by atoms with E-state index < -0.39 is 6.04 Å². The third-order valence-corrected chi connectivity index (χ3v) is 4.79. The molecule has 0 heterocycles. The molecule has 2 amide bonds. The molecule has 6 heteroatoms. The Balaban J connectivity index is 1.56. The molecule has 3 N–H and O–H groups in total. The van der Waals surface area contributed by atoms with Crippen LogP contribution in [0.25, 0.3) is 0 Å². The van der Waals surface area contributed by atoms with Crippen LogP contribution >= 0.6 is 0 Å². The second-order valence-corrected chi connectivity index (χ2v) is 7.31. The van der Waals surface area contributed by atoms with Gasteiger partial charge in [0.25, 0.3) is 0 Å². The number of nitrogens with one attached hydrogen (secondary N) is 3. The number of hydrogen-bond donors (Lipinski definition) is 3. The minimum Gasteiger partial charge on any atom is -0.455 e. The summed E-state index contributed by atoms with van der Waals surface area (Å²) in [4.78, 5) is 24.8. The molecule has 6 nitrogen and oxygen atoms in total. The first-order chi connectivity index (χ1) is 14.9. The summed E-state index contributed by atoms with van der Waals surface area (Å²) in [5.74, 6) is 0.759. The number of carbonyl (C=O) groups excluding carboxylic acids is 2. The molecule has 0 radical (unpaired) electrons. The Hall–Kier alpha value is -3.80. The minimum atomic E-state index is -0.562. The largest absolute Gasteiger partial charge is 0.455 e. The zero-order chi connectivity index (χ0) is 22.2. The van der Waals surface area contributed by atoms with Gasteiger partial charge in [0.2, 0.25) is 11.8 Å². The summed E-state index contributed by atoms with van der Waals surface area (Å²) in [6, 6.07) is 22.1. The Labute approximate surface area is 182 Å². The number of benzene rings is 3. The molecule has 0 aromatic heterocycles. The van der Waals surface area contributed by atoms with Gasteiger partial charge in [-0.3, -0.25) is 9.59 Å². The van der Waals surface area contributed by atoms with Crippen LogP contribution in [0.4, 0.5) is 11.4 Å². The molecule has 0 bridgehead atoms. The molecule has 160 valence electrons. The molecule has 0 fully saturated rings. The fourth-order valence-corrected chi connectivity index (χ4v) is 3.10. The van der Waals surface area contributed by atoms with E-state index >= 15 is 0 Å². The van der Waals surface area contributed by atoms with Crippen molar-refractivity contribution in [1.82, 2.24) is 5.32 Å². The van der Waals surface area contributed by atoms with Gasteiger partial charge in [0, 0.05) is 5.69 Å². The van der Waals surface area contributed by atoms with E-state index in [1.165, 1.54) is 0 Å². The van der Waals surface area contributed by atoms with Gasteiger partial charge in [-0.2, -0.15) is 0 Å². The number of hydrogen-bond acceptors (Lipinski definition) is 4. The smallest absolute Gasteiger partial charge is 0.243 e. The van der Waals surface area contributed by atoms with E-state index in [2.05, 4.69) is 16.0 Å². The predicted molar refractivity (Wildman–Crippen MR) is 124 cm³/mol. The van der Waals surface area contributed by atoms with Crippen molar-refractivity contribution in [3.05, 3.63) is 83.9 Å². The normalized spacial score (nSPS) is 11.3. The molecule has 0 spiro atoms. The molecule has 3 rings (SSSR count). The highest BCUT2D eigenvalue weighted by Gasteiger charge is 2.16. The first kappa shape index (κ1) is 21.9. The van der Waals surface area contributed by atoms with E-state index in [4.69, 9.17) is 4.74 Å². The van der Waals surface area contributed by atoms with Crippen molar-refractivity contribution in [2.45, 2.75) is 26.8 Å². The lowest BCUT2D eigenvalue weighted by atomic mass is 10.1. The summed E-state index contributed by atoms with van der Waals surface area (Å²) in [7, 11) is 0. The van der Waals surface area contributed by atoms with E-state index in [1.807, 2.05) is 86.6 Å². The highest BCUT2D eigenvalue weighted by molar-refractivity contribution is 5.96. The van der Waals surface area contributed by atoms with Crippen LogP contribution in [0.15, 0.2) is 72.8 Å². The second-order valence-electron chi connectivity index (χ2n) is 7.31. The van der Waals surface area contributed by atoms with E-state index in [-0.39, 0.29) is 18.4 Å². The lowest BCUT2D eigenvalue weighted by molar-refractivity contribution is -0.124. The van der Waals surface area contributed by atoms with Crippen LogP contribution in [0.3, 0.4) is 0 Å². The summed E-state index contributed by atoms with van der Waals surface area (Å²) in [6.07, 6.45) is 0. The lowest BCUT2D eigenvalue weighted by Crippen LogP contribution is -2.41. The number of aryl methyl sites for hydroxylation is 2. The minimum absolute atomic E-state index is 0.110. The maximum Gasteiger partial charge on any atom is 0.243 e. The monoisotopic (exact) mass is 417 g/mol. The molecule has 0 saturated carbocycles. The molecule has 1 atom stereocenters. The van der Waals surface area contributed by atoms with Gasteiger partial charge in [-0.05, 0) is 56.2 Å². The summed E-state index contributed by atoms with van der Waals surface area (Å²) >= 11 is 0. The number of amides is 2. The topological polar surface area (TPSA) is 79.5 Å². The highest BCUT2D eigenvalue weighted by atomic mass is 16.5. The zero-order valence-corrected chi connectivity index (χ0v) is 17.9.